The highest BCUT2D eigenvalue weighted by Crippen LogP contribution is 2.04. The first kappa shape index (κ1) is 15.1. The van der Waals surface area contributed by atoms with E-state index in [4.69, 9.17) is 14.7 Å². The molecule has 1 heterocycles. The number of amides is 1. The standard InChI is InChI=1S/C13H17N3O3/c1-18-7-5-16(6-8-19-2)13(17)12-4-3-11(9-14)10-15-12/h3-4,10H,5-8H2,1-2H3. The van der Waals surface area contributed by atoms with Gasteiger partial charge in [0.25, 0.3) is 5.91 Å². The van der Waals surface area contributed by atoms with Crippen LogP contribution in [0, 0.1) is 11.3 Å². The Kier molecular flexibility index (Phi) is 6.50. The molecule has 0 radical (unpaired) electrons. The molecule has 0 aliphatic heterocycles. The number of nitrogens with zero attached hydrogens (tertiary/aromatic N) is 3. The Balaban J connectivity index is 2.75. The fraction of sp³-hybridized carbons (Fsp3) is 0.462. The lowest BCUT2D eigenvalue weighted by Gasteiger charge is -2.21. The van der Waals surface area contributed by atoms with Gasteiger partial charge in [0.15, 0.2) is 0 Å². The van der Waals surface area contributed by atoms with Gasteiger partial charge in [0.05, 0.1) is 18.8 Å². The summed E-state index contributed by atoms with van der Waals surface area (Å²) in [4.78, 5) is 17.8. The van der Waals surface area contributed by atoms with Gasteiger partial charge in [-0.05, 0) is 12.1 Å². The summed E-state index contributed by atoms with van der Waals surface area (Å²) in [6.07, 6.45) is 1.39. The predicted octanol–water partition coefficient (Wildman–Crippen LogP) is 0.688. The van der Waals surface area contributed by atoms with Crippen molar-refractivity contribution in [1.82, 2.24) is 9.88 Å². The van der Waals surface area contributed by atoms with E-state index >= 15 is 0 Å². The topological polar surface area (TPSA) is 75.5 Å². The SMILES string of the molecule is COCCN(CCOC)C(=O)c1ccc(C#N)cn1. The highest BCUT2D eigenvalue weighted by atomic mass is 16.5. The summed E-state index contributed by atoms with van der Waals surface area (Å²) in [6, 6.07) is 5.09. The van der Waals surface area contributed by atoms with Crippen molar-refractivity contribution in [3.8, 4) is 6.07 Å². The van der Waals surface area contributed by atoms with E-state index in [0.717, 1.165) is 0 Å². The number of ether oxygens (including phenoxy) is 2. The Labute approximate surface area is 112 Å². The first-order chi connectivity index (χ1) is 9.22. The van der Waals surface area contributed by atoms with Crippen LogP contribution in [0.15, 0.2) is 18.3 Å². The van der Waals surface area contributed by atoms with Gasteiger partial charge in [-0.25, -0.2) is 4.98 Å². The van der Waals surface area contributed by atoms with Gasteiger partial charge in [0.1, 0.15) is 11.8 Å². The number of carbonyl (C=O) groups excluding carboxylic acids is 1. The summed E-state index contributed by atoms with van der Waals surface area (Å²) in [6.45, 7) is 1.85. The molecule has 6 nitrogen and oxygen atoms in total. The second-order valence-corrected chi connectivity index (χ2v) is 3.82. The normalized spacial score (nSPS) is 9.95. The lowest BCUT2D eigenvalue weighted by molar-refractivity contribution is 0.0622. The van der Waals surface area contributed by atoms with Gasteiger partial charge in [-0.15, -0.1) is 0 Å². The summed E-state index contributed by atoms with van der Waals surface area (Å²) in [5, 5.41) is 8.69. The van der Waals surface area contributed by atoms with Gasteiger partial charge < -0.3 is 14.4 Å². The summed E-state index contributed by atoms with van der Waals surface area (Å²) in [5.74, 6) is -0.196. The van der Waals surface area contributed by atoms with Gasteiger partial charge in [0.2, 0.25) is 0 Å². The van der Waals surface area contributed by atoms with Crippen molar-refractivity contribution in [3.05, 3.63) is 29.6 Å². The lowest BCUT2D eigenvalue weighted by Crippen LogP contribution is -2.36. The first-order valence-electron chi connectivity index (χ1n) is 5.86. The molecular weight excluding hydrogens is 246 g/mol. The van der Waals surface area contributed by atoms with Crippen LogP contribution in [0.4, 0.5) is 0 Å². The van der Waals surface area contributed by atoms with Crippen molar-refractivity contribution in [2.24, 2.45) is 0 Å². The Morgan fingerprint density at radius 3 is 2.37 bits per heavy atom. The molecule has 0 atom stereocenters. The molecule has 0 aliphatic rings. The number of aromatic nitrogens is 1. The molecule has 0 bridgehead atoms. The number of pyridine rings is 1. The number of methoxy groups -OCH3 is 2. The molecule has 1 amide bonds. The van der Waals surface area contributed by atoms with Crippen LogP contribution in [0.2, 0.25) is 0 Å². The van der Waals surface area contributed by atoms with E-state index < -0.39 is 0 Å². The predicted molar refractivity (Wildman–Crippen MR) is 68.6 cm³/mol. The Morgan fingerprint density at radius 1 is 1.32 bits per heavy atom. The number of hydrogen-bond acceptors (Lipinski definition) is 5. The van der Waals surface area contributed by atoms with Crippen molar-refractivity contribution in [2.45, 2.75) is 0 Å². The molecule has 0 fully saturated rings. The third-order valence-corrected chi connectivity index (χ3v) is 2.53. The second-order valence-electron chi connectivity index (χ2n) is 3.82. The average Bonchev–Trinajstić information content (AvgIpc) is 2.47. The van der Waals surface area contributed by atoms with E-state index in [1.54, 1.807) is 31.3 Å². The van der Waals surface area contributed by atoms with Crippen LogP contribution in [0.25, 0.3) is 0 Å². The minimum Gasteiger partial charge on any atom is -0.383 e. The third-order valence-electron chi connectivity index (χ3n) is 2.53. The fourth-order valence-corrected chi connectivity index (χ4v) is 1.47. The highest BCUT2D eigenvalue weighted by Gasteiger charge is 2.16. The fourth-order valence-electron chi connectivity index (χ4n) is 1.47. The van der Waals surface area contributed by atoms with E-state index in [9.17, 15) is 4.79 Å². The van der Waals surface area contributed by atoms with Crippen LogP contribution in [0.1, 0.15) is 16.1 Å². The monoisotopic (exact) mass is 263 g/mol. The smallest absolute Gasteiger partial charge is 0.272 e. The van der Waals surface area contributed by atoms with Crippen LogP contribution >= 0.6 is 0 Å². The maximum atomic E-state index is 12.2. The summed E-state index contributed by atoms with van der Waals surface area (Å²) in [7, 11) is 3.16. The molecule has 0 spiro atoms. The second kappa shape index (κ2) is 8.19. The van der Waals surface area contributed by atoms with Crippen molar-refractivity contribution in [1.29, 1.82) is 5.26 Å². The van der Waals surface area contributed by atoms with Crippen LogP contribution < -0.4 is 0 Å². The van der Waals surface area contributed by atoms with Crippen LogP contribution in [-0.4, -0.2) is 56.3 Å². The Hall–Kier alpha value is -1.97. The number of rotatable bonds is 7. The van der Waals surface area contributed by atoms with Crippen molar-refractivity contribution >= 4 is 5.91 Å². The molecule has 0 aromatic carbocycles. The number of hydrogen-bond donors (Lipinski definition) is 0. The van der Waals surface area contributed by atoms with Crippen molar-refractivity contribution in [3.63, 3.8) is 0 Å². The minimum absolute atomic E-state index is 0.196. The van der Waals surface area contributed by atoms with Gasteiger partial charge in [0, 0.05) is 33.5 Å². The highest BCUT2D eigenvalue weighted by molar-refractivity contribution is 5.92. The molecule has 0 saturated heterocycles. The minimum atomic E-state index is -0.196. The molecule has 0 aliphatic carbocycles. The van der Waals surface area contributed by atoms with E-state index in [-0.39, 0.29) is 5.91 Å². The van der Waals surface area contributed by atoms with Gasteiger partial charge >= 0.3 is 0 Å². The van der Waals surface area contributed by atoms with Crippen LogP contribution in [0.5, 0.6) is 0 Å². The summed E-state index contributed by atoms with van der Waals surface area (Å²) >= 11 is 0. The summed E-state index contributed by atoms with van der Waals surface area (Å²) in [5.41, 5.74) is 0.739. The molecule has 1 aromatic heterocycles. The van der Waals surface area contributed by atoms with Crippen molar-refractivity contribution in [2.75, 3.05) is 40.5 Å². The van der Waals surface area contributed by atoms with Crippen LogP contribution in [0.3, 0.4) is 0 Å². The first-order valence-corrected chi connectivity index (χ1v) is 5.86. The number of carbonyl (C=O) groups is 1. The zero-order valence-corrected chi connectivity index (χ0v) is 11.1. The molecule has 1 rings (SSSR count). The third kappa shape index (κ3) is 4.66. The van der Waals surface area contributed by atoms with E-state index in [1.807, 2.05) is 6.07 Å². The molecule has 6 heteroatoms. The van der Waals surface area contributed by atoms with Crippen molar-refractivity contribution < 1.29 is 14.3 Å². The zero-order chi connectivity index (χ0) is 14.1. The van der Waals surface area contributed by atoms with Gasteiger partial charge in [-0.3, -0.25) is 4.79 Å². The maximum absolute atomic E-state index is 12.2. The molecule has 1 aromatic rings. The van der Waals surface area contributed by atoms with E-state index in [2.05, 4.69) is 4.98 Å². The van der Waals surface area contributed by atoms with E-state index in [0.29, 0.717) is 37.6 Å². The van der Waals surface area contributed by atoms with Gasteiger partial charge in [-0.1, -0.05) is 0 Å². The Bertz CT molecular complexity index is 431. The quantitative estimate of drug-likeness (QED) is 0.723. The Morgan fingerprint density at radius 2 is 1.95 bits per heavy atom. The van der Waals surface area contributed by atoms with Gasteiger partial charge in [-0.2, -0.15) is 5.26 Å². The average molecular weight is 263 g/mol. The van der Waals surface area contributed by atoms with Crippen LogP contribution in [-0.2, 0) is 9.47 Å². The molecule has 0 N–H and O–H groups in total. The zero-order valence-electron chi connectivity index (χ0n) is 11.1. The lowest BCUT2D eigenvalue weighted by atomic mass is 10.2. The number of nitriles is 1. The molecular formula is C13H17N3O3. The largest absolute Gasteiger partial charge is 0.383 e. The molecule has 19 heavy (non-hydrogen) atoms. The molecule has 0 unspecified atom stereocenters. The molecule has 102 valence electrons. The van der Waals surface area contributed by atoms with E-state index in [1.165, 1.54) is 6.20 Å². The summed E-state index contributed by atoms with van der Waals surface area (Å²) < 4.78 is 9.95. The molecule has 0 saturated carbocycles. The maximum Gasteiger partial charge on any atom is 0.272 e.